The fourth-order valence-corrected chi connectivity index (χ4v) is 4.87. The van der Waals surface area contributed by atoms with E-state index >= 15 is 0 Å². The molecule has 3 aromatic rings. The van der Waals surface area contributed by atoms with Crippen LogP contribution in [0.25, 0.3) is 10.9 Å². The first-order valence-corrected chi connectivity index (χ1v) is 13.3. The van der Waals surface area contributed by atoms with Crippen LogP contribution in [0, 0.1) is 5.92 Å². The summed E-state index contributed by atoms with van der Waals surface area (Å²) in [4.78, 5) is 43.0. The largest absolute Gasteiger partial charge is 0.466 e. The molecule has 1 aliphatic heterocycles. The van der Waals surface area contributed by atoms with Crippen molar-refractivity contribution in [2.24, 2.45) is 5.92 Å². The summed E-state index contributed by atoms with van der Waals surface area (Å²) in [6, 6.07) is 11.1. The molecule has 2 N–H and O–H groups in total. The van der Waals surface area contributed by atoms with E-state index in [1.54, 1.807) is 19.3 Å². The van der Waals surface area contributed by atoms with Gasteiger partial charge in [0, 0.05) is 54.9 Å². The zero-order chi connectivity index (χ0) is 26.7. The van der Waals surface area contributed by atoms with Gasteiger partial charge in [0.1, 0.15) is 6.04 Å². The molecular formula is C29H36N4O5. The number of nitrogens with one attached hydrogen (secondary N) is 2. The summed E-state index contributed by atoms with van der Waals surface area (Å²) in [5.41, 5.74) is 3.15. The Bertz CT molecular complexity index is 1230. The van der Waals surface area contributed by atoms with E-state index < -0.39 is 17.9 Å². The fraction of sp³-hybridized carbons (Fsp3) is 0.448. The Balaban J connectivity index is 1.52. The number of aromatic nitrogens is 2. The van der Waals surface area contributed by atoms with Gasteiger partial charge in [0.05, 0.1) is 26.2 Å². The van der Waals surface area contributed by atoms with Gasteiger partial charge in [0.25, 0.3) is 0 Å². The van der Waals surface area contributed by atoms with Crippen LogP contribution in [-0.4, -0.2) is 59.7 Å². The average Bonchev–Trinajstić information content (AvgIpc) is 3.27. The quantitative estimate of drug-likeness (QED) is 0.420. The third kappa shape index (κ3) is 7.41. The molecule has 0 fully saturated rings. The molecule has 9 nitrogen and oxygen atoms in total. The zero-order valence-electron chi connectivity index (χ0n) is 21.9. The number of rotatable bonds is 9. The molecule has 4 rings (SSSR count). The van der Waals surface area contributed by atoms with Gasteiger partial charge >= 0.3 is 5.97 Å². The normalized spacial score (nSPS) is 17.1. The second kappa shape index (κ2) is 13.7. The maximum atomic E-state index is 13.5. The molecule has 2 atom stereocenters. The van der Waals surface area contributed by atoms with Crippen molar-refractivity contribution < 1.29 is 23.9 Å². The van der Waals surface area contributed by atoms with Gasteiger partial charge in [0.15, 0.2) is 0 Å². The first-order chi connectivity index (χ1) is 18.5. The standard InChI is InChI=1S/C29H36N4O5/c1-2-38-27(34)19-22(7-5-6-21-10-12-30-13-11-21)28(35)32-25-18-23-20-33(26-9-4-3-8-24(23)26)15-17-37-16-14-31-29(25)36/h3-4,8-13,20,22,25H,2,5-7,14-19H2,1H3,(H,31,36)(H,32,35)/t22-,25?/m1/s1. The maximum Gasteiger partial charge on any atom is 0.306 e. The molecule has 0 spiro atoms. The highest BCUT2D eigenvalue weighted by molar-refractivity contribution is 5.91. The first-order valence-electron chi connectivity index (χ1n) is 13.3. The van der Waals surface area contributed by atoms with Crippen LogP contribution >= 0.6 is 0 Å². The molecule has 1 aromatic carbocycles. The van der Waals surface area contributed by atoms with E-state index in [0.717, 1.165) is 28.5 Å². The van der Waals surface area contributed by atoms with Crippen molar-refractivity contribution in [3.05, 3.63) is 66.1 Å². The lowest BCUT2D eigenvalue weighted by Gasteiger charge is -2.22. The van der Waals surface area contributed by atoms with E-state index in [9.17, 15) is 14.4 Å². The van der Waals surface area contributed by atoms with Crippen LogP contribution in [0.2, 0.25) is 0 Å². The van der Waals surface area contributed by atoms with Crippen LogP contribution < -0.4 is 10.6 Å². The molecule has 2 aromatic heterocycles. The van der Waals surface area contributed by atoms with E-state index in [1.807, 2.05) is 42.6 Å². The second-order valence-corrected chi connectivity index (χ2v) is 9.49. The highest BCUT2D eigenvalue weighted by Gasteiger charge is 2.28. The van der Waals surface area contributed by atoms with E-state index in [1.165, 1.54) is 0 Å². The Morgan fingerprint density at radius 3 is 2.84 bits per heavy atom. The molecule has 38 heavy (non-hydrogen) atoms. The minimum atomic E-state index is -0.786. The fourth-order valence-electron chi connectivity index (χ4n) is 4.87. The van der Waals surface area contributed by atoms with Crippen molar-refractivity contribution in [3.8, 4) is 0 Å². The van der Waals surface area contributed by atoms with Gasteiger partial charge < -0.3 is 24.7 Å². The first kappa shape index (κ1) is 27.3. The molecule has 9 heteroatoms. The van der Waals surface area contributed by atoms with Gasteiger partial charge in [-0.05, 0) is 55.5 Å². The number of hydrogen-bond acceptors (Lipinski definition) is 6. The van der Waals surface area contributed by atoms with Crippen LogP contribution in [0.5, 0.6) is 0 Å². The minimum Gasteiger partial charge on any atom is -0.466 e. The van der Waals surface area contributed by atoms with Crippen molar-refractivity contribution in [1.82, 2.24) is 20.2 Å². The van der Waals surface area contributed by atoms with E-state index in [2.05, 4.69) is 20.2 Å². The van der Waals surface area contributed by atoms with Crippen LogP contribution in [0.15, 0.2) is 55.0 Å². The smallest absolute Gasteiger partial charge is 0.306 e. The number of hydrogen-bond donors (Lipinski definition) is 2. The third-order valence-electron chi connectivity index (χ3n) is 6.81. The van der Waals surface area contributed by atoms with Gasteiger partial charge in [-0.1, -0.05) is 18.2 Å². The summed E-state index contributed by atoms with van der Waals surface area (Å²) in [5.74, 6) is -1.61. The van der Waals surface area contributed by atoms with Gasteiger partial charge in [-0.25, -0.2) is 0 Å². The summed E-state index contributed by atoms with van der Waals surface area (Å²) >= 11 is 0. The Hall–Kier alpha value is -3.72. The number of carbonyl (C=O) groups is 3. The predicted octanol–water partition coefficient (Wildman–Crippen LogP) is 2.80. The van der Waals surface area contributed by atoms with Gasteiger partial charge in [-0.2, -0.15) is 0 Å². The zero-order valence-corrected chi connectivity index (χ0v) is 21.9. The number of nitrogens with zero attached hydrogens (tertiary/aromatic N) is 2. The topological polar surface area (TPSA) is 112 Å². The number of ether oxygens (including phenoxy) is 2. The summed E-state index contributed by atoms with van der Waals surface area (Å²) in [6.45, 7) is 3.98. The lowest BCUT2D eigenvalue weighted by atomic mass is 9.95. The molecule has 0 saturated heterocycles. The summed E-state index contributed by atoms with van der Waals surface area (Å²) in [7, 11) is 0. The molecule has 202 valence electrons. The number of fused-ring (bicyclic) bond motifs is 5. The lowest BCUT2D eigenvalue weighted by molar-refractivity contribution is -0.146. The number of aryl methyl sites for hydroxylation is 1. The van der Waals surface area contributed by atoms with Gasteiger partial charge in [-0.15, -0.1) is 0 Å². The summed E-state index contributed by atoms with van der Waals surface area (Å²) in [6.07, 6.45) is 7.79. The van der Waals surface area contributed by atoms with E-state index in [-0.39, 0.29) is 24.8 Å². The number of pyridine rings is 1. The van der Waals surface area contributed by atoms with Crippen LogP contribution in [-0.2, 0) is 43.2 Å². The molecule has 0 aliphatic carbocycles. The number of esters is 1. The molecule has 1 unspecified atom stereocenters. The molecule has 1 aliphatic rings. The van der Waals surface area contributed by atoms with Gasteiger partial charge in [0.2, 0.25) is 11.8 Å². The Labute approximate surface area is 222 Å². The number of benzene rings is 1. The molecule has 0 radical (unpaired) electrons. The molecule has 0 saturated carbocycles. The minimum absolute atomic E-state index is 0.0303. The van der Waals surface area contributed by atoms with Crippen LogP contribution in [0.3, 0.4) is 0 Å². The summed E-state index contributed by atoms with van der Waals surface area (Å²) < 4.78 is 13.0. The van der Waals surface area contributed by atoms with Crippen molar-refractivity contribution in [3.63, 3.8) is 0 Å². The predicted molar refractivity (Wildman–Crippen MR) is 143 cm³/mol. The Kier molecular flexibility index (Phi) is 9.86. The highest BCUT2D eigenvalue weighted by Crippen LogP contribution is 2.23. The van der Waals surface area contributed by atoms with Crippen LogP contribution in [0.1, 0.15) is 37.3 Å². The molecule has 3 heterocycles. The number of carbonyl (C=O) groups excluding carboxylic acids is 3. The van der Waals surface area contributed by atoms with Crippen molar-refractivity contribution in [2.45, 2.75) is 51.6 Å². The Morgan fingerprint density at radius 1 is 1.21 bits per heavy atom. The van der Waals surface area contributed by atoms with Crippen LogP contribution in [0.4, 0.5) is 0 Å². The van der Waals surface area contributed by atoms with E-state index in [0.29, 0.717) is 45.6 Å². The summed E-state index contributed by atoms with van der Waals surface area (Å²) in [5, 5.41) is 6.89. The highest BCUT2D eigenvalue weighted by atomic mass is 16.5. The third-order valence-corrected chi connectivity index (χ3v) is 6.81. The average molecular weight is 521 g/mol. The number of amides is 2. The van der Waals surface area contributed by atoms with Crippen molar-refractivity contribution in [1.29, 1.82) is 0 Å². The molecule has 2 amide bonds. The Morgan fingerprint density at radius 2 is 2.03 bits per heavy atom. The lowest BCUT2D eigenvalue weighted by Crippen LogP contribution is -2.50. The van der Waals surface area contributed by atoms with E-state index in [4.69, 9.17) is 9.47 Å². The SMILES string of the molecule is CCOC(=O)C[C@@H](CCCc1ccncc1)C(=O)NC1Cc2cn(c3ccccc23)CCOCCNC1=O. The van der Waals surface area contributed by atoms with Gasteiger partial charge in [-0.3, -0.25) is 19.4 Å². The monoisotopic (exact) mass is 520 g/mol. The van der Waals surface area contributed by atoms with Crippen molar-refractivity contribution in [2.75, 3.05) is 26.4 Å². The maximum absolute atomic E-state index is 13.5. The molecule has 2 bridgehead atoms. The van der Waals surface area contributed by atoms with Crippen molar-refractivity contribution >= 4 is 28.7 Å². The number of para-hydroxylation sites is 1. The molecular weight excluding hydrogens is 484 g/mol. The second-order valence-electron chi connectivity index (χ2n) is 9.49.